The molecule has 0 fully saturated rings. The molecule has 2 rings (SSSR count). The first-order valence-corrected chi connectivity index (χ1v) is 5.81. The van der Waals surface area contributed by atoms with Gasteiger partial charge in [0.2, 0.25) is 0 Å². The van der Waals surface area contributed by atoms with E-state index in [-0.39, 0.29) is 6.42 Å². The van der Waals surface area contributed by atoms with E-state index in [0.717, 1.165) is 23.9 Å². The molecule has 96 valence electrons. The lowest BCUT2D eigenvalue weighted by atomic mass is 10.0. The molecule has 0 aliphatic heterocycles. The fraction of sp³-hybridized carbons (Fsp3) is 0.273. The van der Waals surface area contributed by atoms with Gasteiger partial charge in [-0.15, -0.1) is 0 Å². The van der Waals surface area contributed by atoms with Crippen molar-refractivity contribution < 1.29 is 18.3 Å². The largest absolute Gasteiger partial charge is 0.416 e. The summed E-state index contributed by atoms with van der Waals surface area (Å²) in [7, 11) is 0. The Bertz CT molecular complexity index is 496. The number of halogens is 3. The molecule has 0 saturated carbocycles. The van der Waals surface area contributed by atoms with Crippen LogP contribution in [0.3, 0.4) is 0 Å². The molecule has 0 saturated heterocycles. The molecule has 1 aromatic heterocycles. The molecule has 1 atom stereocenters. The monoisotopic (exact) mass is 274 g/mol. The molecule has 18 heavy (non-hydrogen) atoms. The minimum Gasteiger partial charge on any atom is -0.386 e. The number of aliphatic hydroxyl groups excluding tert-OH is 1. The number of aromatic nitrogens is 2. The van der Waals surface area contributed by atoms with Crippen molar-refractivity contribution in [2.24, 2.45) is 0 Å². The van der Waals surface area contributed by atoms with Crippen LogP contribution in [0.1, 0.15) is 22.9 Å². The van der Waals surface area contributed by atoms with Gasteiger partial charge < -0.3 is 5.11 Å². The highest BCUT2D eigenvalue weighted by Crippen LogP contribution is 2.29. The second-order valence-corrected chi connectivity index (χ2v) is 4.30. The molecular weight excluding hydrogens is 265 g/mol. The maximum absolute atomic E-state index is 12.3. The Morgan fingerprint density at radius 3 is 2.39 bits per heavy atom. The fourth-order valence-electron chi connectivity index (χ4n) is 1.48. The molecule has 0 aliphatic carbocycles. The van der Waals surface area contributed by atoms with Crippen LogP contribution in [-0.4, -0.2) is 13.9 Å². The summed E-state index contributed by atoms with van der Waals surface area (Å²) in [6.07, 6.45) is -3.53. The second kappa shape index (κ2) is 5.03. The quantitative estimate of drug-likeness (QED) is 0.936. The standard InChI is InChI=1S/C11H9F3N2OS/c12-11(13,14)8-3-1-7(2-4-8)5-10(17)9-6-15-18-16-9/h1-4,6,10,17H,5H2. The summed E-state index contributed by atoms with van der Waals surface area (Å²) in [5.41, 5.74) is 0.347. The topological polar surface area (TPSA) is 46.0 Å². The Balaban J connectivity index is 2.07. The Hall–Kier alpha value is -1.47. The Kier molecular flexibility index (Phi) is 3.63. The lowest BCUT2D eigenvalue weighted by molar-refractivity contribution is -0.137. The molecule has 0 bridgehead atoms. The van der Waals surface area contributed by atoms with Crippen LogP contribution in [0, 0.1) is 0 Å². The number of rotatable bonds is 3. The van der Waals surface area contributed by atoms with Crippen molar-refractivity contribution in [3.05, 3.63) is 47.3 Å². The average Bonchev–Trinajstić information content (AvgIpc) is 2.82. The smallest absolute Gasteiger partial charge is 0.386 e. The van der Waals surface area contributed by atoms with Gasteiger partial charge in [0.25, 0.3) is 0 Å². The zero-order valence-electron chi connectivity index (χ0n) is 9.05. The van der Waals surface area contributed by atoms with E-state index in [0.29, 0.717) is 11.3 Å². The molecule has 0 radical (unpaired) electrons. The molecule has 2 aromatic rings. The molecule has 1 aromatic carbocycles. The van der Waals surface area contributed by atoms with Crippen LogP contribution in [0.2, 0.25) is 0 Å². The van der Waals surface area contributed by atoms with Gasteiger partial charge in [0, 0.05) is 6.42 Å². The summed E-state index contributed by atoms with van der Waals surface area (Å²) in [6.45, 7) is 0. The fourth-order valence-corrected chi connectivity index (χ4v) is 1.94. The zero-order chi connectivity index (χ0) is 13.2. The maximum atomic E-state index is 12.3. The van der Waals surface area contributed by atoms with Gasteiger partial charge in [-0.05, 0) is 17.7 Å². The van der Waals surface area contributed by atoms with Crippen molar-refractivity contribution in [3.8, 4) is 0 Å². The minimum atomic E-state index is -4.34. The van der Waals surface area contributed by atoms with Gasteiger partial charge in [0.15, 0.2) is 0 Å². The number of alkyl halides is 3. The molecule has 0 amide bonds. The van der Waals surface area contributed by atoms with Gasteiger partial charge in [0.1, 0.15) is 11.8 Å². The summed E-state index contributed by atoms with van der Waals surface area (Å²) in [6, 6.07) is 4.71. The summed E-state index contributed by atoms with van der Waals surface area (Å²) >= 11 is 0.976. The number of nitrogens with zero attached hydrogens (tertiary/aromatic N) is 2. The van der Waals surface area contributed by atoms with Gasteiger partial charge in [-0.25, -0.2) is 0 Å². The van der Waals surface area contributed by atoms with Crippen LogP contribution in [-0.2, 0) is 12.6 Å². The summed E-state index contributed by atoms with van der Waals surface area (Å²) in [4.78, 5) is 0. The van der Waals surface area contributed by atoms with Crippen molar-refractivity contribution >= 4 is 11.7 Å². The van der Waals surface area contributed by atoms with Gasteiger partial charge in [-0.1, -0.05) is 12.1 Å². The molecule has 0 aliphatic rings. The molecular formula is C11H9F3N2OS. The summed E-state index contributed by atoms with van der Waals surface area (Å²) in [5.74, 6) is 0. The van der Waals surface area contributed by atoms with E-state index in [2.05, 4.69) is 8.75 Å². The molecule has 0 spiro atoms. The third-order valence-electron chi connectivity index (χ3n) is 2.43. The van der Waals surface area contributed by atoms with Crippen molar-refractivity contribution in [1.29, 1.82) is 0 Å². The third kappa shape index (κ3) is 3.05. The molecule has 1 unspecified atom stereocenters. The number of benzene rings is 1. The van der Waals surface area contributed by atoms with E-state index in [1.807, 2.05) is 0 Å². The molecule has 1 heterocycles. The van der Waals surface area contributed by atoms with Crippen molar-refractivity contribution in [2.75, 3.05) is 0 Å². The van der Waals surface area contributed by atoms with E-state index < -0.39 is 17.8 Å². The van der Waals surface area contributed by atoms with Gasteiger partial charge in [0.05, 0.1) is 23.5 Å². The lowest BCUT2D eigenvalue weighted by Gasteiger charge is -2.09. The summed E-state index contributed by atoms with van der Waals surface area (Å²) in [5, 5.41) is 9.77. The molecule has 1 N–H and O–H groups in total. The van der Waals surface area contributed by atoms with E-state index in [1.165, 1.54) is 18.3 Å². The number of hydrogen-bond acceptors (Lipinski definition) is 4. The zero-order valence-corrected chi connectivity index (χ0v) is 9.87. The highest BCUT2D eigenvalue weighted by molar-refractivity contribution is 6.99. The second-order valence-electron chi connectivity index (χ2n) is 3.75. The summed E-state index contributed by atoms with van der Waals surface area (Å²) < 4.78 is 44.6. The molecule has 3 nitrogen and oxygen atoms in total. The van der Waals surface area contributed by atoms with E-state index >= 15 is 0 Å². The first-order valence-electron chi connectivity index (χ1n) is 5.08. The average molecular weight is 274 g/mol. The van der Waals surface area contributed by atoms with Gasteiger partial charge in [-0.2, -0.15) is 21.9 Å². The van der Waals surface area contributed by atoms with Crippen LogP contribution >= 0.6 is 11.7 Å². The highest BCUT2D eigenvalue weighted by atomic mass is 32.1. The van der Waals surface area contributed by atoms with Crippen LogP contribution < -0.4 is 0 Å². The van der Waals surface area contributed by atoms with Crippen LogP contribution in [0.15, 0.2) is 30.5 Å². The minimum absolute atomic E-state index is 0.212. The Labute approximate surface area is 105 Å². The predicted octanol–water partition coefficient (Wildman–Crippen LogP) is 2.83. The SMILES string of the molecule is OC(Cc1ccc(C(F)(F)F)cc1)c1cnsn1. The van der Waals surface area contributed by atoms with Crippen LogP contribution in [0.25, 0.3) is 0 Å². The van der Waals surface area contributed by atoms with Gasteiger partial charge >= 0.3 is 6.18 Å². The normalized spacial score (nSPS) is 13.6. The number of hydrogen-bond donors (Lipinski definition) is 1. The Morgan fingerprint density at radius 1 is 1.22 bits per heavy atom. The van der Waals surface area contributed by atoms with E-state index in [9.17, 15) is 18.3 Å². The van der Waals surface area contributed by atoms with E-state index in [1.54, 1.807) is 0 Å². The van der Waals surface area contributed by atoms with Crippen LogP contribution in [0.5, 0.6) is 0 Å². The maximum Gasteiger partial charge on any atom is 0.416 e. The van der Waals surface area contributed by atoms with Crippen molar-refractivity contribution in [1.82, 2.24) is 8.75 Å². The van der Waals surface area contributed by atoms with Crippen LogP contribution in [0.4, 0.5) is 13.2 Å². The first kappa shape index (κ1) is 13.0. The lowest BCUT2D eigenvalue weighted by Crippen LogP contribution is -2.06. The van der Waals surface area contributed by atoms with Crippen molar-refractivity contribution in [2.45, 2.75) is 18.7 Å². The van der Waals surface area contributed by atoms with Crippen molar-refractivity contribution in [3.63, 3.8) is 0 Å². The highest BCUT2D eigenvalue weighted by Gasteiger charge is 2.30. The number of aliphatic hydroxyl groups is 1. The molecule has 7 heteroatoms. The van der Waals surface area contributed by atoms with Gasteiger partial charge in [-0.3, -0.25) is 0 Å². The Morgan fingerprint density at radius 2 is 1.89 bits per heavy atom. The first-order chi connectivity index (χ1) is 8.47. The predicted molar refractivity (Wildman–Crippen MR) is 60.0 cm³/mol. The van der Waals surface area contributed by atoms with E-state index in [4.69, 9.17) is 0 Å². The third-order valence-corrected chi connectivity index (χ3v) is 2.92.